The van der Waals surface area contributed by atoms with Crippen LogP contribution in [0.3, 0.4) is 0 Å². The van der Waals surface area contributed by atoms with Crippen molar-refractivity contribution in [3.8, 4) is 0 Å². The maximum absolute atomic E-state index is 2.33. The molecule has 2 radical (unpaired) electrons. The third-order valence-corrected chi connectivity index (χ3v) is 8.27. The molecule has 0 spiro atoms. The van der Waals surface area contributed by atoms with Crippen molar-refractivity contribution in [3.05, 3.63) is 18.3 Å². The third kappa shape index (κ3) is 2.20. The van der Waals surface area contributed by atoms with Crippen molar-refractivity contribution in [1.82, 2.24) is 0 Å². The van der Waals surface area contributed by atoms with Crippen LogP contribution in [0.4, 0.5) is 0 Å². The van der Waals surface area contributed by atoms with E-state index in [4.69, 9.17) is 0 Å². The molecule has 0 nitrogen and oxygen atoms in total. The first kappa shape index (κ1) is 11.4. The Kier molecular flexibility index (Phi) is 4.57. The maximum atomic E-state index is 2.33. The minimum atomic E-state index is -0.269. The summed E-state index contributed by atoms with van der Waals surface area (Å²) in [7, 11) is 0. The van der Waals surface area contributed by atoms with Crippen molar-refractivity contribution in [2.75, 3.05) is 0 Å². The van der Waals surface area contributed by atoms with Crippen LogP contribution in [-0.2, 0) is 0 Å². The summed E-state index contributed by atoms with van der Waals surface area (Å²) in [5, 5.41) is 0. The molecule has 0 aromatic rings. The van der Waals surface area contributed by atoms with Gasteiger partial charge in [0.05, 0.1) is 0 Å². The summed E-state index contributed by atoms with van der Waals surface area (Å²) in [6.07, 6.45) is 5.19. The summed E-state index contributed by atoms with van der Waals surface area (Å²) in [4.78, 5) is 0. The average molecular weight is 283 g/mol. The van der Waals surface area contributed by atoms with E-state index in [0.717, 1.165) is 0 Å². The fraction of sp³-hybridized carbons (Fsp3) is 0.667. The van der Waals surface area contributed by atoms with E-state index in [1.54, 1.807) is 11.1 Å². The molecule has 1 aliphatic heterocycles. The Morgan fingerprint density at radius 2 is 1.08 bits per heavy atom. The third-order valence-electron chi connectivity index (χ3n) is 2.81. The van der Waals surface area contributed by atoms with E-state index in [9.17, 15) is 0 Å². The summed E-state index contributed by atoms with van der Waals surface area (Å²) in [6, 6.07) is 0. The molecule has 0 aromatic heterocycles. The second-order valence-corrected chi connectivity index (χ2v) is 7.61. The van der Waals surface area contributed by atoms with E-state index < -0.39 is 0 Å². The first-order valence-electron chi connectivity index (χ1n) is 5.49. The minimum absolute atomic E-state index is 0.269. The number of allylic oxidation sites excluding steroid dienone is 4. The average Bonchev–Trinajstić information content (AvgIpc) is 2.54. The van der Waals surface area contributed by atoms with Gasteiger partial charge < -0.3 is 0 Å². The predicted molar refractivity (Wildman–Crippen MR) is 61.0 cm³/mol. The van der Waals surface area contributed by atoms with Crippen molar-refractivity contribution in [2.24, 2.45) is 0 Å². The van der Waals surface area contributed by atoms with Gasteiger partial charge in [-0.3, -0.25) is 0 Å². The van der Waals surface area contributed by atoms with Gasteiger partial charge in [-0.2, -0.15) is 0 Å². The molecule has 1 heterocycles. The molecular formula is C12H20Sn. The molecule has 1 rings (SSSR count). The number of rotatable bonds is 4. The van der Waals surface area contributed by atoms with E-state index in [2.05, 4.69) is 27.7 Å². The predicted octanol–water partition coefficient (Wildman–Crippen LogP) is 3.85. The van der Waals surface area contributed by atoms with Gasteiger partial charge in [0.15, 0.2) is 0 Å². The van der Waals surface area contributed by atoms with Gasteiger partial charge in [-0.1, -0.05) is 0 Å². The van der Waals surface area contributed by atoms with Crippen LogP contribution in [0.5, 0.6) is 0 Å². The monoisotopic (exact) mass is 284 g/mol. The zero-order valence-electron chi connectivity index (χ0n) is 9.33. The SMILES string of the molecule is CC[C]1=C(CC)C(CC)=[C](CC)[Sn]1. The van der Waals surface area contributed by atoms with Gasteiger partial charge in [0.1, 0.15) is 0 Å². The van der Waals surface area contributed by atoms with Crippen LogP contribution in [0.1, 0.15) is 53.4 Å². The molecule has 72 valence electrons. The molecule has 0 saturated heterocycles. The summed E-state index contributed by atoms with van der Waals surface area (Å²) in [5.74, 6) is 0. The van der Waals surface area contributed by atoms with Gasteiger partial charge in [0.25, 0.3) is 0 Å². The van der Waals surface area contributed by atoms with Crippen LogP contribution < -0.4 is 0 Å². The standard InChI is InChI=1S/C12H20.Sn/c1-5-9-11(7-3)12(8-4)10-6-2;/h5-8H2,1-4H3;. The van der Waals surface area contributed by atoms with Crippen molar-refractivity contribution in [1.29, 1.82) is 0 Å². The van der Waals surface area contributed by atoms with Crippen molar-refractivity contribution in [3.63, 3.8) is 0 Å². The number of hydrogen-bond acceptors (Lipinski definition) is 0. The Balaban J connectivity index is 2.96. The van der Waals surface area contributed by atoms with Gasteiger partial charge in [-0.25, -0.2) is 0 Å². The van der Waals surface area contributed by atoms with E-state index in [-0.39, 0.29) is 21.1 Å². The zero-order chi connectivity index (χ0) is 9.84. The van der Waals surface area contributed by atoms with E-state index in [0.29, 0.717) is 0 Å². The Morgan fingerprint density at radius 1 is 0.692 bits per heavy atom. The molecule has 0 saturated carbocycles. The first-order valence-corrected chi connectivity index (χ1v) is 8.35. The Morgan fingerprint density at radius 3 is 1.31 bits per heavy atom. The topological polar surface area (TPSA) is 0 Å². The van der Waals surface area contributed by atoms with Crippen LogP contribution in [0.2, 0.25) is 0 Å². The van der Waals surface area contributed by atoms with Gasteiger partial charge in [0.2, 0.25) is 0 Å². The Bertz CT molecular complexity index is 220. The Labute approximate surface area is 92.7 Å². The van der Waals surface area contributed by atoms with E-state index >= 15 is 0 Å². The molecule has 1 heteroatoms. The second-order valence-electron chi connectivity index (χ2n) is 3.45. The van der Waals surface area contributed by atoms with Crippen molar-refractivity contribution in [2.45, 2.75) is 53.4 Å². The van der Waals surface area contributed by atoms with Gasteiger partial charge >= 0.3 is 92.8 Å². The van der Waals surface area contributed by atoms with Crippen molar-refractivity contribution >= 4 is 21.1 Å². The molecule has 0 atom stereocenters. The van der Waals surface area contributed by atoms with Crippen LogP contribution in [-0.4, -0.2) is 21.1 Å². The molecule has 1 aliphatic rings. The molecule has 0 aliphatic carbocycles. The molecule has 0 fully saturated rings. The molecule has 0 amide bonds. The summed E-state index contributed by atoms with van der Waals surface area (Å²) < 4.78 is 3.75. The molecular weight excluding hydrogens is 263 g/mol. The molecule has 13 heavy (non-hydrogen) atoms. The fourth-order valence-corrected chi connectivity index (χ4v) is 6.93. The zero-order valence-corrected chi connectivity index (χ0v) is 12.2. The van der Waals surface area contributed by atoms with E-state index in [1.807, 2.05) is 7.18 Å². The quantitative estimate of drug-likeness (QED) is 0.687. The summed E-state index contributed by atoms with van der Waals surface area (Å²) in [5.41, 5.74) is 3.52. The fourth-order valence-electron chi connectivity index (χ4n) is 2.15. The van der Waals surface area contributed by atoms with Crippen LogP contribution in [0.15, 0.2) is 18.3 Å². The van der Waals surface area contributed by atoms with E-state index in [1.165, 1.54) is 25.7 Å². The Hall–Kier alpha value is 0.279. The van der Waals surface area contributed by atoms with Crippen LogP contribution in [0.25, 0.3) is 0 Å². The van der Waals surface area contributed by atoms with Gasteiger partial charge in [0, 0.05) is 0 Å². The van der Waals surface area contributed by atoms with Crippen LogP contribution in [0, 0.1) is 0 Å². The van der Waals surface area contributed by atoms with Gasteiger partial charge in [-0.05, 0) is 0 Å². The number of hydrogen-bond donors (Lipinski definition) is 0. The summed E-state index contributed by atoms with van der Waals surface area (Å²) in [6.45, 7) is 9.30. The van der Waals surface area contributed by atoms with Crippen LogP contribution >= 0.6 is 0 Å². The van der Waals surface area contributed by atoms with Gasteiger partial charge in [-0.15, -0.1) is 0 Å². The first-order chi connectivity index (χ1) is 6.28. The van der Waals surface area contributed by atoms with Crippen molar-refractivity contribution < 1.29 is 0 Å². The molecule has 0 N–H and O–H groups in total. The molecule has 0 bridgehead atoms. The molecule has 0 unspecified atom stereocenters. The molecule has 0 aromatic carbocycles. The summed E-state index contributed by atoms with van der Waals surface area (Å²) >= 11 is -0.269. The normalized spacial score (nSPS) is 17.5. The second kappa shape index (κ2) is 5.23.